The van der Waals surface area contributed by atoms with Crippen LogP contribution in [0.4, 0.5) is 0 Å². The highest BCUT2D eigenvalue weighted by molar-refractivity contribution is 6.31. The maximum atomic E-state index is 6.27. The Morgan fingerprint density at radius 2 is 1.76 bits per heavy atom. The number of halogens is 1. The number of nitrogens with one attached hydrogen (secondary N) is 1. The first-order valence-electron chi connectivity index (χ1n) is 7.30. The van der Waals surface area contributed by atoms with E-state index in [1.54, 1.807) is 7.11 Å². The summed E-state index contributed by atoms with van der Waals surface area (Å²) in [6.45, 7) is 4.33. The molecule has 0 radical (unpaired) electrons. The van der Waals surface area contributed by atoms with Gasteiger partial charge in [0, 0.05) is 17.1 Å². The van der Waals surface area contributed by atoms with Gasteiger partial charge in [0.2, 0.25) is 0 Å². The Kier molecular flexibility index (Phi) is 5.66. The van der Waals surface area contributed by atoms with E-state index in [9.17, 15) is 0 Å². The second-order valence-electron chi connectivity index (χ2n) is 5.14. The van der Waals surface area contributed by atoms with Crippen LogP contribution in [0.1, 0.15) is 43.5 Å². The molecule has 2 aromatic rings. The fraction of sp³-hybridized carbons (Fsp3) is 0.333. The van der Waals surface area contributed by atoms with E-state index >= 15 is 0 Å². The summed E-state index contributed by atoms with van der Waals surface area (Å²) in [6.07, 6.45) is 1.02. The van der Waals surface area contributed by atoms with Crippen LogP contribution in [0.15, 0.2) is 48.5 Å². The monoisotopic (exact) mass is 303 g/mol. The number of benzene rings is 2. The van der Waals surface area contributed by atoms with Crippen LogP contribution in [0, 0.1) is 0 Å². The van der Waals surface area contributed by atoms with Gasteiger partial charge in [0.15, 0.2) is 0 Å². The normalized spacial score (nSPS) is 13.7. The van der Waals surface area contributed by atoms with Gasteiger partial charge in [-0.25, -0.2) is 0 Å². The van der Waals surface area contributed by atoms with Gasteiger partial charge in [-0.3, -0.25) is 0 Å². The molecular formula is C18H22ClNO. The maximum absolute atomic E-state index is 6.27. The standard InChI is InChI=1S/C18H22ClNO/c1-4-18(14-9-11-15(21-3)12-10-14)20-13(2)16-7-5-6-8-17(16)19/h5-13,18,20H,4H2,1-3H3. The van der Waals surface area contributed by atoms with Crippen molar-refractivity contribution >= 4 is 11.6 Å². The average Bonchev–Trinajstić information content (AvgIpc) is 2.53. The predicted octanol–water partition coefficient (Wildman–Crippen LogP) is 5.15. The molecule has 2 unspecified atom stereocenters. The summed E-state index contributed by atoms with van der Waals surface area (Å²) < 4.78 is 5.21. The highest BCUT2D eigenvalue weighted by atomic mass is 35.5. The fourth-order valence-corrected chi connectivity index (χ4v) is 2.80. The Labute approximate surface area is 132 Å². The van der Waals surface area contributed by atoms with Crippen molar-refractivity contribution in [2.45, 2.75) is 32.4 Å². The number of hydrogen-bond donors (Lipinski definition) is 1. The third-order valence-electron chi connectivity index (χ3n) is 3.75. The van der Waals surface area contributed by atoms with Crippen LogP contribution in [0.2, 0.25) is 5.02 Å². The highest BCUT2D eigenvalue weighted by Gasteiger charge is 2.15. The SMILES string of the molecule is CCC(NC(C)c1ccccc1Cl)c1ccc(OC)cc1. The number of ether oxygens (including phenoxy) is 1. The van der Waals surface area contributed by atoms with E-state index in [-0.39, 0.29) is 6.04 Å². The third-order valence-corrected chi connectivity index (χ3v) is 4.09. The molecule has 0 fully saturated rings. The molecular weight excluding hydrogens is 282 g/mol. The largest absolute Gasteiger partial charge is 0.497 e. The minimum atomic E-state index is 0.200. The zero-order chi connectivity index (χ0) is 15.2. The van der Waals surface area contributed by atoms with Crippen LogP contribution in [-0.4, -0.2) is 7.11 Å². The lowest BCUT2D eigenvalue weighted by molar-refractivity contribution is 0.413. The quantitative estimate of drug-likeness (QED) is 0.796. The van der Waals surface area contributed by atoms with Gasteiger partial charge in [-0.1, -0.05) is 48.9 Å². The topological polar surface area (TPSA) is 21.3 Å². The number of rotatable bonds is 6. The second kappa shape index (κ2) is 7.48. The molecule has 0 aliphatic heterocycles. The van der Waals surface area contributed by atoms with Crippen molar-refractivity contribution in [1.82, 2.24) is 5.32 Å². The molecule has 0 saturated heterocycles. The molecule has 2 rings (SSSR count). The van der Waals surface area contributed by atoms with Crippen molar-refractivity contribution in [1.29, 1.82) is 0 Å². The van der Waals surface area contributed by atoms with E-state index in [0.29, 0.717) is 6.04 Å². The third kappa shape index (κ3) is 3.99. The van der Waals surface area contributed by atoms with Crippen LogP contribution < -0.4 is 10.1 Å². The van der Waals surface area contributed by atoms with Gasteiger partial charge in [0.05, 0.1) is 7.11 Å². The molecule has 1 N–H and O–H groups in total. The molecule has 0 aliphatic carbocycles. The minimum absolute atomic E-state index is 0.200. The Morgan fingerprint density at radius 3 is 2.33 bits per heavy atom. The predicted molar refractivity (Wildman–Crippen MR) is 89.0 cm³/mol. The lowest BCUT2D eigenvalue weighted by Gasteiger charge is -2.24. The highest BCUT2D eigenvalue weighted by Crippen LogP contribution is 2.27. The average molecular weight is 304 g/mol. The summed E-state index contributed by atoms with van der Waals surface area (Å²) in [6, 6.07) is 16.7. The summed E-state index contributed by atoms with van der Waals surface area (Å²) in [5.41, 5.74) is 2.39. The van der Waals surface area contributed by atoms with Gasteiger partial charge in [-0.15, -0.1) is 0 Å². The van der Waals surface area contributed by atoms with Crippen molar-refractivity contribution in [3.63, 3.8) is 0 Å². The molecule has 0 aromatic heterocycles. The Balaban J connectivity index is 2.13. The van der Waals surface area contributed by atoms with Gasteiger partial charge in [0.25, 0.3) is 0 Å². The number of hydrogen-bond acceptors (Lipinski definition) is 2. The van der Waals surface area contributed by atoms with Gasteiger partial charge >= 0.3 is 0 Å². The smallest absolute Gasteiger partial charge is 0.118 e. The van der Waals surface area contributed by atoms with Crippen molar-refractivity contribution in [3.05, 3.63) is 64.7 Å². The van der Waals surface area contributed by atoms with Crippen LogP contribution in [-0.2, 0) is 0 Å². The molecule has 0 amide bonds. The summed E-state index contributed by atoms with van der Waals surface area (Å²) in [5.74, 6) is 0.882. The van der Waals surface area contributed by atoms with Crippen LogP contribution in [0.25, 0.3) is 0 Å². The molecule has 2 aromatic carbocycles. The van der Waals surface area contributed by atoms with Crippen molar-refractivity contribution < 1.29 is 4.74 Å². The van der Waals surface area contributed by atoms with Crippen molar-refractivity contribution in [2.75, 3.05) is 7.11 Å². The molecule has 0 spiro atoms. The van der Waals surface area contributed by atoms with E-state index < -0.39 is 0 Å². The first-order chi connectivity index (χ1) is 10.2. The van der Waals surface area contributed by atoms with Gasteiger partial charge in [-0.05, 0) is 42.7 Å². The molecule has 21 heavy (non-hydrogen) atoms. The van der Waals surface area contributed by atoms with Gasteiger partial charge in [0.1, 0.15) is 5.75 Å². The molecule has 2 nitrogen and oxygen atoms in total. The fourth-order valence-electron chi connectivity index (χ4n) is 2.50. The minimum Gasteiger partial charge on any atom is -0.497 e. The maximum Gasteiger partial charge on any atom is 0.118 e. The molecule has 3 heteroatoms. The second-order valence-corrected chi connectivity index (χ2v) is 5.55. The molecule has 112 valence electrons. The summed E-state index contributed by atoms with van der Waals surface area (Å²) in [7, 11) is 1.68. The Morgan fingerprint density at radius 1 is 1.10 bits per heavy atom. The van der Waals surface area contributed by atoms with E-state index in [1.807, 2.05) is 30.3 Å². The summed E-state index contributed by atoms with van der Waals surface area (Å²) in [4.78, 5) is 0. The summed E-state index contributed by atoms with van der Waals surface area (Å²) >= 11 is 6.27. The van der Waals surface area contributed by atoms with E-state index in [1.165, 1.54) is 5.56 Å². The first kappa shape index (κ1) is 15.9. The van der Waals surface area contributed by atoms with Gasteiger partial charge < -0.3 is 10.1 Å². The Bertz CT molecular complexity index is 568. The zero-order valence-electron chi connectivity index (χ0n) is 12.8. The lowest BCUT2D eigenvalue weighted by atomic mass is 10.0. The molecule has 0 aliphatic rings. The van der Waals surface area contributed by atoms with Crippen molar-refractivity contribution in [3.8, 4) is 5.75 Å². The summed E-state index contributed by atoms with van der Waals surface area (Å²) in [5, 5.41) is 4.46. The van der Waals surface area contributed by atoms with E-state index in [2.05, 4.69) is 37.4 Å². The van der Waals surface area contributed by atoms with Crippen LogP contribution >= 0.6 is 11.6 Å². The van der Waals surface area contributed by atoms with E-state index in [0.717, 1.165) is 22.8 Å². The lowest BCUT2D eigenvalue weighted by Crippen LogP contribution is -2.24. The Hall–Kier alpha value is -1.51. The molecule has 0 bridgehead atoms. The first-order valence-corrected chi connectivity index (χ1v) is 7.68. The van der Waals surface area contributed by atoms with Crippen LogP contribution in [0.3, 0.4) is 0 Å². The molecule has 0 saturated carbocycles. The number of methoxy groups -OCH3 is 1. The van der Waals surface area contributed by atoms with Crippen molar-refractivity contribution in [2.24, 2.45) is 0 Å². The van der Waals surface area contributed by atoms with E-state index in [4.69, 9.17) is 16.3 Å². The van der Waals surface area contributed by atoms with Gasteiger partial charge in [-0.2, -0.15) is 0 Å². The zero-order valence-corrected chi connectivity index (χ0v) is 13.5. The molecule has 0 heterocycles. The molecule has 2 atom stereocenters. The van der Waals surface area contributed by atoms with Crippen LogP contribution in [0.5, 0.6) is 5.75 Å².